The maximum absolute atomic E-state index is 10.3. The fourth-order valence-corrected chi connectivity index (χ4v) is 2.12. The Hall–Kier alpha value is -1.30. The van der Waals surface area contributed by atoms with Crippen LogP contribution in [0, 0.1) is 0 Å². The van der Waals surface area contributed by atoms with Gasteiger partial charge < -0.3 is 2.85 Å². The van der Waals surface area contributed by atoms with Gasteiger partial charge in [-0.25, -0.2) is 0 Å². The second-order valence-electron chi connectivity index (χ2n) is 5.98. The van der Waals surface area contributed by atoms with Crippen LogP contribution in [0.3, 0.4) is 0 Å². The Bertz CT molecular complexity index is 1050. The van der Waals surface area contributed by atoms with E-state index < -0.39 is 20.2 Å². The molecular weight excluding hydrogens is 506 g/mol. The molecule has 0 saturated heterocycles. The summed E-state index contributed by atoms with van der Waals surface area (Å²) < 4.78 is 57.8. The zero-order valence-corrected chi connectivity index (χ0v) is 26.1. The van der Waals surface area contributed by atoms with E-state index >= 15 is 0 Å². The molecular formula is C25H32Na2O6S2. The van der Waals surface area contributed by atoms with Gasteiger partial charge >= 0.3 is 59.1 Å². The number of allylic oxidation sites excluding steroid dienone is 4. The molecule has 0 spiro atoms. The predicted octanol–water partition coefficient (Wildman–Crippen LogP) is 0.430. The summed E-state index contributed by atoms with van der Waals surface area (Å²) in [7, 11) is -8.01. The first kappa shape index (κ1) is 40.9. The average Bonchev–Trinajstić information content (AvgIpc) is 2.78. The number of rotatable bonds is 6. The third-order valence-electron chi connectivity index (χ3n) is 2.98. The number of hydrogen-bond acceptors (Lipinski definition) is 4. The van der Waals surface area contributed by atoms with Crippen molar-refractivity contribution in [1.29, 1.82) is 0 Å². The minimum Gasteiger partial charge on any atom is -1.00 e. The Labute approximate surface area is 257 Å². The van der Waals surface area contributed by atoms with Gasteiger partial charge in [-0.1, -0.05) is 111 Å². The molecule has 10 heteroatoms. The first-order valence-electron chi connectivity index (χ1n) is 9.27. The van der Waals surface area contributed by atoms with Crippen LogP contribution in [0.1, 0.15) is 20.9 Å². The van der Waals surface area contributed by atoms with Crippen molar-refractivity contribution < 1.29 is 87.9 Å². The van der Waals surface area contributed by atoms with Crippen molar-refractivity contribution in [2.45, 2.75) is 6.92 Å². The third-order valence-corrected chi connectivity index (χ3v) is 3.94. The summed E-state index contributed by atoms with van der Waals surface area (Å²) in [5.74, 6) is 0. The molecule has 0 aliphatic rings. The molecule has 0 bridgehead atoms. The zero-order chi connectivity index (χ0) is 25.8. The molecule has 0 atom stereocenters. The van der Waals surface area contributed by atoms with Crippen molar-refractivity contribution in [2.75, 3.05) is 0 Å². The van der Waals surface area contributed by atoms with Crippen LogP contribution in [0.25, 0.3) is 12.2 Å². The summed E-state index contributed by atoms with van der Waals surface area (Å²) in [6, 6.07) is 17.7. The standard InChI is InChI=1S/2C8H8O3S.C5H8.C4H6.2Na.2H/c2*9-12(10,11)7-6-8-4-2-1-3-5-8;1-4-5(2)3;1-3-4-2;;;;/h2*1-7H,(H,9,10,11);4H,1-2H2,3H3;3-4H,1-2H2;;;;/q;;;;2*+1;2*-1. The van der Waals surface area contributed by atoms with Gasteiger partial charge in [-0.15, -0.1) is 0 Å². The molecule has 2 aromatic rings. The fraction of sp³-hybridized carbons (Fsp3) is 0.0400. The molecule has 0 radical (unpaired) electrons. The van der Waals surface area contributed by atoms with E-state index in [0.717, 1.165) is 27.5 Å². The van der Waals surface area contributed by atoms with E-state index in [0.29, 0.717) is 0 Å². The summed E-state index contributed by atoms with van der Waals surface area (Å²) in [5, 5.41) is 1.50. The topological polar surface area (TPSA) is 109 Å². The van der Waals surface area contributed by atoms with Crippen LogP contribution < -0.4 is 59.1 Å². The molecule has 35 heavy (non-hydrogen) atoms. The van der Waals surface area contributed by atoms with Crippen molar-refractivity contribution in [2.24, 2.45) is 0 Å². The molecule has 2 N–H and O–H groups in total. The van der Waals surface area contributed by atoms with Gasteiger partial charge in [-0.2, -0.15) is 16.8 Å². The van der Waals surface area contributed by atoms with E-state index in [1.807, 2.05) is 19.1 Å². The molecule has 0 aliphatic heterocycles. The van der Waals surface area contributed by atoms with E-state index in [2.05, 4.69) is 26.3 Å². The average molecular weight is 539 g/mol. The number of benzene rings is 2. The summed E-state index contributed by atoms with van der Waals surface area (Å²) in [5.41, 5.74) is 2.48. The Morgan fingerprint density at radius 2 is 0.971 bits per heavy atom. The largest absolute Gasteiger partial charge is 1.00 e. The van der Waals surface area contributed by atoms with Crippen molar-refractivity contribution in [3.63, 3.8) is 0 Å². The van der Waals surface area contributed by atoms with Crippen LogP contribution in [0.5, 0.6) is 0 Å². The minimum atomic E-state index is -4.00. The predicted molar refractivity (Wildman–Crippen MR) is 142 cm³/mol. The zero-order valence-electron chi connectivity index (χ0n) is 22.5. The maximum atomic E-state index is 10.3. The smallest absolute Gasteiger partial charge is 1.00 e. The van der Waals surface area contributed by atoms with Crippen LogP contribution in [-0.2, 0) is 20.2 Å². The number of hydrogen-bond donors (Lipinski definition) is 2. The van der Waals surface area contributed by atoms with Crippen molar-refractivity contribution >= 4 is 32.4 Å². The Balaban J connectivity index is -0.0000000911. The summed E-state index contributed by atoms with van der Waals surface area (Å²) in [6.07, 6.45) is 7.66. The monoisotopic (exact) mass is 538 g/mol. The van der Waals surface area contributed by atoms with E-state index in [-0.39, 0.29) is 62.0 Å². The maximum Gasteiger partial charge on any atom is 1.00 e. The van der Waals surface area contributed by atoms with Gasteiger partial charge in [-0.05, 0) is 30.2 Å². The fourth-order valence-electron chi connectivity index (χ4n) is 1.46. The van der Waals surface area contributed by atoms with Crippen molar-refractivity contribution in [3.8, 4) is 0 Å². The Morgan fingerprint density at radius 1 is 0.714 bits per heavy atom. The first-order valence-corrected chi connectivity index (χ1v) is 12.3. The second-order valence-corrected chi connectivity index (χ2v) is 8.58. The quantitative estimate of drug-likeness (QED) is 0.314. The van der Waals surface area contributed by atoms with Gasteiger partial charge in [0.25, 0.3) is 20.2 Å². The molecule has 0 aromatic heterocycles. The molecule has 6 nitrogen and oxygen atoms in total. The molecule has 2 rings (SSSR count). The van der Waals surface area contributed by atoms with Gasteiger partial charge in [0.15, 0.2) is 0 Å². The van der Waals surface area contributed by atoms with Crippen LogP contribution >= 0.6 is 0 Å². The van der Waals surface area contributed by atoms with Gasteiger partial charge in [0.05, 0.1) is 10.8 Å². The molecule has 0 unspecified atom stereocenters. The van der Waals surface area contributed by atoms with E-state index in [1.165, 1.54) is 12.2 Å². The van der Waals surface area contributed by atoms with E-state index in [4.69, 9.17) is 9.11 Å². The molecule has 182 valence electrons. The van der Waals surface area contributed by atoms with E-state index in [1.54, 1.807) is 66.8 Å². The van der Waals surface area contributed by atoms with Gasteiger partial charge in [0.1, 0.15) is 0 Å². The molecule has 0 saturated carbocycles. The van der Waals surface area contributed by atoms with E-state index in [9.17, 15) is 16.8 Å². The van der Waals surface area contributed by atoms with Crippen LogP contribution in [0.15, 0.2) is 122 Å². The SMILES string of the molecule is C=CC(=C)C.C=CC=C.O=S(=O)(O)C=Cc1ccccc1.O=S(=O)(O)C=Cc1ccccc1.[H-].[H-].[Na+].[Na+]. The van der Waals surface area contributed by atoms with Crippen molar-refractivity contribution in [3.05, 3.63) is 133 Å². The normalized spacial score (nSPS) is 9.80. The summed E-state index contributed by atoms with van der Waals surface area (Å²) >= 11 is 0. The molecule has 2 aromatic carbocycles. The Morgan fingerprint density at radius 3 is 1.14 bits per heavy atom. The first-order chi connectivity index (χ1) is 15.3. The van der Waals surface area contributed by atoms with Crippen molar-refractivity contribution in [1.82, 2.24) is 0 Å². The molecule has 0 heterocycles. The molecule has 0 aliphatic carbocycles. The second kappa shape index (κ2) is 24.4. The van der Waals surface area contributed by atoms with Gasteiger partial charge in [0, 0.05) is 0 Å². The Kier molecular flexibility index (Phi) is 28.5. The third kappa shape index (κ3) is 34.9. The summed E-state index contributed by atoms with van der Waals surface area (Å²) in [6.45, 7) is 15.6. The van der Waals surface area contributed by atoms with Crippen LogP contribution in [-0.4, -0.2) is 25.9 Å². The minimum absolute atomic E-state index is 0. The summed E-state index contributed by atoms with van der Waals surface area (Å²) in [4.78, 5) is 0. The van der Waals surface area contributed by atoms with Gasteiger partial charge in [0.2, 0.25) is 0 Å². The molecule has 0 fully saturated rings. The molecule has 0 amide bonds. The van der Waals surface area contributed by atoms with Gasteiger partial charge in [-0.3, -0.25) is 9.11 Å². The van der Waals surface area contributed by atoms with Crippen LogP contribution in [0.2, 0.25) is 0 Å². The van der Waals surface area contributed by atoms with Crippen LogP contribution in [0.4, 0.5) is 0 Å².